The average Bonchev–Trinajstić information content (AvgIpc) is 2.61. The van der Waals surface area contributed by atoms with Crippen molar-refractivity contribution in [1.82, 2.24) is 9.88 Å². The predicted molar refractivity (Wildman–Crippen MR) is 89.7 cm³/mol. The van der Waals surface area contributed by atoms with Gasteiger partial charge in [-0.15, -0.1) is 11.8 Å². The molecule has 0 atom stereocenters. The number of methoxy groups -OCH3 is 2. The van der Waals surface area contributed by atoms with Crippen LogP contribution in [0.25, 0.3) is 5.70 Å². The maximum absolute atomic E-state index is 12.7. The van der Waals surface area contributed by atoms with E-state index in [1.54, 1.807) is 55.4 Å². The predicted octanol–water partition coefficient (Wildman–Crippen LogP) is 3.28. The van der Waals surface area contributed by atoms with Crippen LogP contribution in [0.4, 0.5) is 0 Å². The molecule has 0 unspecified atom stereocenters. The van der Waals surface area contributed by atoms with Gasteiger partial charge in [0.05, 0.1) is 25.7 Å². The molecule has 118 valence electrons. The smallest absolute Gasteiger partial charge is 0.260 e. The highest BCUT2D eigenvalue weighted by Crippen LogP contribution is 2.42. The molecule has 3 rings (SSSR count). The molecule has 0 aliphatic carbocycles. The molecule has 6 heteroatoms. The van der Waals surface area contributed by atoms with Gasteiger partial charge in [0, 0.05) is 28.5 Å². The van der Waals surface area contributed by atoms with Crippen molar-refractivity contribution in [1.29, 1.82) is 0 Å². The zero-order valence-electron chi connectivity index (χ0n) is 12.9. The number of benzene rings is 1. The van der Waals surface area contributed by atoms with Crippen molar-refractivity contribution in [3.8, 4) is 11.5 Å². The number of nitrogens with zero attached hydrogens (tertiary/aromatic N) is 2. The van der Waals surface area contributed by atoms with Gasteiger partial charge < -0.3 is 9.47 Å². The van der Waals surface area contributed by atoms with Crippen LogP contribution >= 0.6 is 11.8 Å². The molecule has 2 aromatic rings. The fourth-order valence-corrected chi connectivity index (χ4v) is 3.45. The first-order chi connectivity index (χ1) is 11.2. The fourth-order valence-electron chi connectivity index (χ4n) is 2.39. The van der Waals surface area contributed by atoms with E-state index in [0.717, 1.165) is 10.5 Å². The number of ether oxygens (including phenoxy) is 2. The Bertz CT molecular complexity index is 762. The molecule has 0 N–H and O–H groups in total. The molecule has 0 spiro atoms. The summed E-state index contributed by atoms with van der Waals surface area (Å²) in [4.78, 5) is 19.3. The molecule has 1 amide bonds. The van der Waals surface area contributed by atoms with Gasteiger partial charge in [-0.05, 0) is 24.3 Å². The molecule has 2 heterocycles. The molecular formula is C17H16N2O3S. The van der Waals surface area contributed by atoms with E-state index in [4.69, 9.17) is 9.47 Å². The first kappa shape index (κ1) is 15.4. The summed E-state index contributed by atoms with van der Waals surface area (Å²) in [6.45, 7) is 4.09. The lowest BCUT2D eigenvalue weighted by Crippen LogP contribution is -2.31. The second kappa shape index (κ2) is 6.34. The lowest BCUT2D eigenvalue weighted by Gasteiger charge is -2.31. The second-order valence-electron chi connectivity index (χ2n) is 4.90. The number of amides is 1. The van der Waals surface area contributed by atoms with E-state index in [1.807, 2.05) is 12.1 Å². The van der Waals surface area contributed by atoms with Gasteiger partial charge in [-0.3, -0.25) is 14.7 Å². The summed E-state index contributed by atoms with van der Waals surface area (Å²) in [5.41, 5.74) is 2.06. The third-order valence-corrected chi connectivity index (χ3v) is 4.66. The van der Waals surface area contributed by atoms with Crippen LogP contribution in [0.5, 0.6) is 11.5 Å². The standard InChI is InChI=1S/C17H16N2O3S/c1-11-13-7-14(21-2)15(22-3)8-16(13)23-10-19(11)17(20)12-5-4-6-18-9-12/h4-9H,1,10H2,2-3H3. The Morgan fingerprint density at radius 2 is 2.04 bits per heavy atom. The maximum Gasteiger partial charge on any atom is 0.260 e. The third-order valence-electron chi connectivity index (χ3n) is 3.63. The zero-order valence-corrected chi connectivity index (χ0v) is 13.7. The van der Waals surface area contributed by atoms with E-state index in [2.05, 4.69) is 11.6 Å². The molecular weight excluding hydrogens is 312 g/mol. The van der Waals surface area contributed by atoms with E-state index in [0.29, 0.717) is 28.6 Å². The highest BCUT2D eigenvalue weighted by atomic mass is 32.2. The Morgan fingerprint density at radius 3 is 2.70 bits per heavy atom. The first-order valence-electron chi connectivity index (χ1n) is 6.95. The normalized spacial score (nSPS) is 13.5. The Hall–Kier alpha value is -2.47. The minimum absolute atomic E-state index is 0.115. The Labute approximate surface area is 138 Å². The number of pyridine rings is 1. The summed E-state index contributed by atoms with van der Waals surface area (Å²) in [7, 11) is 3.19. The summed E-state index contributed by atoms with van der Waals surface area (Å²) in [5, 5.41) is 0. The number of carbonyl (C=O) groups is 1. The van der Waals surface area contributed by atoms with Crippen molar-refractivity contribution < 1.29 is 14.3 Å². The van der Waals surface area contributed by atoms with Gasteiger partial charge in [-0.25, -0.2) is 0 Å². The van der Waals surface area contributed by atoms with Crippen LogP contribution in [0, 0.1) is 0 Å². The van der Waals surface area contributed by atoms with Gasteiger partial charge in [-0.2, -0.15) is 0 Å². The first-order valence-corrected chi connectivity index (χ1v) is 7.94. The van der Waals surface area contributed by atoms with Gasteiger partial charge in [0.1, 0.15) is 0 Å². The maximum atomic E-state index is 12.7. The minimum Gasteiger partial charge on any atom is -0.493 e. The fraction of sp³-hybridized carbons (Fsp3) is 0.176. The van der Waals surface area contributed by atoms with Crippen LogP contribution in [0.15, 0.2) is 48.1 Å². The van der Waals surface area contributed by atoms with Gasteiger partial charge in [0.15, 0.2) is 11.5 Å². The average molecular weight is 328 g/mol. The number of carbonyl (C=O) groups excluding carboxylic acids is 1. The minimum atomic E-state index is -0.115. The van der Waals surface area contributed by atoms with Gasteiger partial charge in [-0.1, -0.05) is 6.58 Å². The SMILES string of the molecule is C=C1c2cc(OC)c(OC)cc2SCN1C(=O)c1cccnc1. The molecule has 0 saturated heterocycles. The Balaban J connectivity index is 1.96. The summed E-state index contributed by atoms with van der Waals surface area (Å²) in [5.74, 6) is 1.66. The number of aromatic nitrogens is 1. The van der Waals surface area contributed by atoms with Crippen LogP contribution in [0.2, 0.25) is 0 Å². The molecule has 1 aromatic carbocycles. The molecule has 5 nitrogen and oxygen atoms in total. The van der Waals surface area contributed by atoms with Crippen molar-refractivity contribution in [3.63, 3.8) is 0 Å². The van der Waals surface area contributed by atoms with E-state index < -0.39 is 0 Å². The van der Waals surface area contributed by atoms with Crippen LogP contribution in [-0.2, 0) is 0 Å². The Morgan fingerprint density at radius 1 is 1.30 bits per heavy atom. The summed E-state index contributed by atoms with van der Waals surface area (Å²) in [6, 6.07) is 7.26. The lowest BCUT2D eigenvalue weighted by molar-refractivity contribution is 0.0854. The van der Waals surface area contributed by atoms with Crippen molar-refractivity contribution in [2.24, 2.45) is 0 Å². The Kier molecular flexibility index (Phi) is 4.25. The molecule has 0 radical (unpaired) electrons. The highest BCUT2D eigenvalue weighted by Gasteiger charge is 2.27. The van der Waals surface area contributed by atoms with Crippen molar-refractivity contribution >= 4 is 23.4 Å². The van der Waals surface area contributed by atoms with Gasteiger partial charge in [0.2, 0.25) is 0 Å². The number of thioether (sulfide) groups is 1. The molecule has 23 heavy (non-hydrogen) atoms. The number of fused-ring (bicyclic) bond motifs is 1. The third kappa shape index (κ3) is 2.77. The molecule has 0 saturated carbocycles. The quantitative estimate of drug-likeness (QED) is 0.865. The van der Waals surface area contributed by atoms with E-state index >= 15 is 0 Å². The second-order valence-corrected chi connectivity index (χ2v) is 5.89. The van der Waals surface area contributed by atoms with Crippen molar-refractivity contribution in [2.75, 3.05) is 20.1 Å². The van der Waals surface area contributed by atoms with Crippen LogP contribution in [0.1, 0.15) is 15.9 Å². The van der Waals surface area contributed by atoms with Crippen molar-refractivity contribution in [3.05, 3.63) is 54.4 Å². The topological polar surface area (TPSA) is 51.7 Å². The largest absolute Gasteiger partial charge is 0.493 e. The van der Waals surface area contributed by atoms with Crippen molar-refractivity contribution in [2.45, 2.75) is 4.90 Å². The zero-order chi connectivity index (χ0) is 16.4. The molecule has 0 fully saturated rings. The monoisotopic (exact) mass is 328 g/mol. The van der Waals surface area contributed by atoms with E-state index in [1.165, 1.54) is 0 Å². The molecule has 1 aliphatic heterocycles. The lowest BCUT2D eigenvalue weighted by atomic mass is 10.1. The van der Waals surface area contributed by atoms with Gasteiger partial charge in [0.25, 0.3) is 5.91 Å². The molecule has 1 aliphatic rings. The number of hydrogen-bond donors (Lipinski definition) is 0. The molecule has 0 bridgehead atoms. The summed E-state index contributed by atoms with van der Waals surface area (Å²) >= 11 is 1.56. The van der Waals surface area contributed by atoms with Gasteiger partial charge >= 0.3 is 0 Å². The van der Waals surface area contributed by atoms with Crippen LogP contribution in [0.3, 0.4) is 0 Å². The van der Waals surface area contributed by atoms with E-state index in [9.17, 15) is 4.79 Å². The highest BCUT2D eigenvalue weighted by molar-refractivity contribution is 7.99. The number of rotatable bonds is 3. The summed E-state index contributed by atoms with van der Waals surface area (Å²) in [6.07, 6.45) is 3.20. The number of hydrogen-bond acceptors (Lipinski definition) is 5. The molecule has 1 aromatic heterocycles. The van der Waals surface area contributed by atoms with E-state index in [-0.39, 0.29) is 5.91 Å². The van der Waals surface area contributed by atoms with Crippen LogP contribution in [-0.4, -0.2) is 35.9 Å². The summed E-state index contributed by atoms with van der Waals surface area (Å²) < 4.78 is 10.7. The van der Waals surface area contributed by atoms with Crippen LogP contribution < -0.4 is 9.47 Å².